The Kier molecular flexibility index (Phi) is 3.47. The minimum Gasteiger partial charge on any atom is -0.489 e. The van der Waals surface area contributed by atoms with Crippen molar-refractivity contribution in [1.82, 2.24) is 0 Å². The van der Waals surface area contributed by atoms with E-state index in [0.717, 1.165) is 0 Å². The molecule has 1 unspecified atom stereocenters. The fraction of sp³-hybridized carbons (Fsp3) is 0.455. The van der Waals surface area contributed by atoms with Gasteiger partial charge in [-0.1, -0.05) is 6.07 Å². The molecule has 0 spiro atoms. The Labute approximate surface area is 83.9 Å². The summed E-state index contributed by atoms with van der Waals surface area (Å²) >= 11 is 0. The van der Waals surface area contributed by atoms with E-state index >= 15 is 0 Å². The van der Waals surface area contributed by atoms with Crippen LogP contribution in [0.25, 0.3) is 0 Å². The number of benzene rings is 1. The molecule has 1 rings (SSSR count). The second-order valence-electron chi connectivity index (χ2n) is 3.59. The summed E-state index contributed by atoms with van der Waals surface area (Å²) in [6.07, 6.45) is -0.114. The molecular formula is C11H16FNO. The summed E-state index contributed by atoms with van der Waals surface area (Å²) < 4.78 is 18.6. The van der Waals surface area contributed by atoms with Crippen molar-refractivity contribution in [3.8, 4) is 5.75 Å². The second-order valence-corrected chi connectivity index (χ2v) is 3.59. The van der Waals surface area contributed by atoms with E-state index in [0.29, 0.717) is 11.3 Å². The van der Waals surface area contributed by atoms with Crippen molar-refractivity contribution < 1.29 is 9.13 Å². The summed E-state index contributed by atoms with van der Waals surface area (Å²) in [6.45, 7) is 5.44. The summed E-state index contributed by atoms with van der Waals surface area (Å²) in [4.78, 5) is 0. The molecule has 0 aliphatic rings. The van der Waals surface area contributed by atoms with Crippen LogP contribution < -0.4 is 10.5 Å². The summed E-state index contributed by atoms with van der Waals surface area (Å²) in [6, 6.07) is 4.75. The molecule has 0 amide bonds. The van der Waals surface area contributed by atoms with Crippen LogP contribution >= 0.6 is 0 Å². The molecule has 0 heterocycles. The van der Waals surface area contributed by atoms with Gasteiger partial charge in [0.05, 0.1) is 0 Å². The maximum Gasteiger partial charge on any atom is 0.129 e. The average molecular weight is 197 g/mol. The van der Waals surface area contributed by atoms with Gasteiger partial charge in [0.2, 0.25) is 0 Å². The van der Waals surface area contributed by atoms with Gasteiger partial charge in [-0.25, -0.2) is 4.39 Å². The predicted molar refractivity (Wildman–Crippen MR) is 54.9 cm³/mol. The fourth-order valence-electron chi connectivity index (χ4n) is 0.969. The molecule has 0 aliphatic heterocycles. The summed E-state index contributed by atoms with van der Waals surface area (Å²) in [5, 5.41) is 0. The topological polar surface area (TPSA) is 35.2 Å². The van der Waals surface area contributed by atoms with Gasteiger partial charge in [0.25, 0.3) is 0 Å². The number of ether oxygens (including phenoxy) is 1. The van der Waals surface area contributed by atoms with E-state index in [1.54, 1.807) is 19.1 Å². The van der Waals surface area contributed by atoms with Crippen molar-refractivity contribution in [3.05, 3.63) is 29.6 Å². The quantitative estimate of drug-likeness (QED) is 0.806. The molecule has 1 aromatic rings. The molecule has 2 atom stereocenters. The van der Waals surface area contributed by atoms with Crippen LogP contribution in [0, 0.1) is 12.7 Å². The van der Waals surface area contributed by atoms with E-state index < -0.39 is 0 Å². The van der Waals surface area contributed by atoms with Gasteiger partial charge < -0.3 is 10.5 Å². The van der Waals surface area contributed by atoms with Crippen LogP contribution in [-0.2, 0) is 0 Å². The van der Waals surface area contributed by atoms with Crippen LogP contribution in [-0.4, -0.2) is 12.1 Å². The first-order valence-corrected chi connectivity index (χ1v) is 4.69. The minimum atomic E-state index is -0.251. The van der Waals surface area contributed by atoms with Crippen LogP contribution in [0.15, 0.2) is 18.2 Å². The summed E-state index contributed by atoms with van der Waals surface area (Å²) in [7, 11) is 0. The van der Waals surface area contributed by atoms with Gasteiger partial charge in [-0.3, -0.25) is 0 Å². The molecule has 2 N–H and O–H groups in total. The second kappa shape index (κ2) is 4.42. The molecule has 78 valence electrons. The molecular weight excluding hydrogens is 181 g/mol. The number of rotatable bonds is 3. The van der Waals surface area contributed by atoms with Gasteiger partial charge in [-0.15, -0.1) is 0 Å². The normalized spacial score (nSPS) is 14.9. The van der Waals surface area contributed by atoms with E-state index in [4.69, 9.17) is 10.5 Å². The zero-order valence-electron chi connectivity index (χ0n) is 8.75. The SMILES string of the molecule is Cc1ccc(OC(C)[C@@H](C)N)cc1F. The minimum absolute atomic E-state index is 0.0700. The van der Waals surface area contributed by atoms with Crippen LogP contribution in [0.3, 0.4) is 0 Å². The van der Waals surface area contributed by atoms with Crippen molar-refractivity contribution in [2.24, 2.45) is 5.73 Å². The van der Waals surface area contributed by atoms with Gasteiger partial charge in [-0.2, -0.15) is 0 Å². The van der Waals surface area contributed by atoms with Crippen LogP contribution in [0.5, 0.6) is 5.75 Å². The van der Waals surface area contributed by atoms with E-state index in [1.807, 2.05) is 13.8 Å². The lowest BCUT2D eigenvalue weighted by molar-refractivity contribution is 0.196. The Hall–Kier alpha value is -1.09. The first kappa shape index (κ1) is 11.0. The molecule has 0 radical (unpaired) electrons. The molecule has 0 bridgehead atoms. The summed E-state index contributed by atoms with van der Waals surface area (Å²) in [5.41, 5.74) is 6.25. The lowest BCUT2D eigenvalue weighted by atomic mass is 10.2. The number of aryl methyl sites for hydroxylation is 1. The Bertz CT molecular complexity index is 312. The molecule has 1 aromatic carbocycles. The van der Waals surface area contributed by atoms with Gasteiger partial charge in [0, 0.05) is 12.1 Å². The van der Waals surface area contributed by atoms with Gasteiger partial charge in [0.15, 0.2) is 0 Å². The average Bonchev–Trinajstić information content (AvgIpc) is 2.11. The maximum absolute atomic E-state index is 13.1. The van der Waals surface area contributed by atoms with E-state index in [2.05, 4.69) is 0 Å². The third-order valence-electron chi connectivity index (χ3n) is 2.21. The number of hydrogen-bond donors (Lipinski definition) is 1. The number of nitrogens with two attached hydrogens (primary N) is 1. The smallest absolute Gasteiger partial charge is 0.129 e. The highest BCUT2D eigenvalue weighted by Gasteiger charge is 2.09. The number of hydrogen-bond acceptors (Lipinski definition) is 2. The third kappa shape index (κ3) is 2.70. The first-order valence-electron chi connectivity index (χ1n) is 4.69. The summed E-state index contributed by atoms with van der Waals surface area (Å²) in [5.74, 6) is 0.275. The number of halogens is 1. The Morgan fingerprint density at radius 3 is 2.50 bits per heavy atom. The highest BCUT2D eigenvalue weighted by molar-refractivity contribution is 5.28. The lowest BCUT2D eigenvalue weighted by Crippen LogP contribution is -2.33. The van der Waals surface area contributed by atoms with Gasteiger partial charge in [0.1, 0.15) is 17.7 Å². The third-order valence-corrected chi connectivity index (χ3v) is 2.21. The van der Waals surface area contributed by atoms with E-state index in [1.165, 1.54) is 6.07 Å². The van der Waals surface area contributed by atoms with Gasteiger partial charge in [-0.05, 0) is 32.4 Å². The fourth-order valence-corrected chi connectivity index (χ4v) is 0.969. The highest BCUT2D eigenvalue weighted by Crippen LogP contribution is 2.17. The standard InChI is InChI=1S/C11H16FNO/c1-7-4-5-10(6-11(7)12)14-9(3)8(2)13/h4-6,8-9H,13H2,1-3H3/t8-,9?/m1/s1. The highest BCUT2D eigenvalue weighted by atomic mass is 19.1. The largest absolute Gasteiger partial charge is 0.489 e. The first-order chi connectivity index (χ1) is 6.50. The Morgan fingerprint density at radius 1 is 1.36 bits per heavy atom. The van der Waals surface area contributed by atoms with E-state index in [9.17, 15) is 4.39 Å². The zero-order valence-corrected chi connectivity index (χ0v) is 8.75. The molecule has 0 saturated carbocycles. The van der Waals surface area contributed by atoms with Crippen molar-refractivity contribution in [2.75, 3.05) is 0 Å². The maximum atomic E-state index is 13.1. The predicted octanol–water partition coefficient (Wildman–Crippen LogP) is 2.25. The molecule has 0 aliphatic carbocycles. The molecule has 2 nitrogen and oxygen atoms in total. The van der Waals surface area contributed by atoms with Crippen molar-refractivity contribution >= 4 is 0 Å². The van der Waals surface area contributed by atoms with Crippen molar-refractivity contribution in [2.45, 2.75) is 32.9 Å². The molecule has 14 heavy (non-hydrogen) atoms. The van der Waals surface area contributed by atoms with Crippen molar-refractivity contribution in [1.29, 1.82) is 0 Å². The van der Waals surface area contributed by atoms with Crippen LogP contribution in [0.1, 0.15) is 19.4 Å². The molecule has 0 saturated heterocycles. The monoisotopic (exact) mass is 197 g/mol. The Balaban J connectivity index is 2.73. The molecule has 0 aromatic heterocycles. The van der Waals surface area contributed by atoms with Crippen molar-refractivity contribution in [3.63, 3.8) is 0 Å². The van der Waals surface area contributed by atoms with Crippen LogP contribution in [0.2, 0.25) is 0 Å². The lowest BCUT2D eigenvalue weighted by Gasteiger charge is -2.18. The molecule has 0 fully saturated rings. The zero-order chi connectivity index (χ0) is 10.7. The molecule has 3 heteroatoms. The van der Waals surface area contributed by atoms with Crippen LogP contribution in [0.4, 0.5) is 4.39 Å². The Morgan fingerprint density at radius 2 is 2.00 bits per heavy atom. The van der Waals surface area contributed by atoms with E-state index in [-0.39, 0.29) is 18.0 Å². The van der Waals surface area contributed by atoms with Gasteiger partial charge >= 0.3 is 0 Å².